The van der Waals surface area contributed by atoms with Gasteiger partial charge in [-0.25, -0.2) is 8.42 Å². The molecule has 2 aliphatic heterocycles. The molecule has 1 amide bonds. The number of hydrogen-bond donors (Lipinski definition) is 0. The minimum absolute atomic E-state index is 0.126. The first-order valence-electron chi connectivity index (χ1n) is 10.4. The van der Waals surface area contributed by atoms with Gasteiger partial charge in [0.15, 0.2) is 5.76 Å². The Bertz CT molecular complexity index is 1020. The Morgan fingerprint density at radius 3 is 2.39 bits per heavy atom. The molecule has 0 unspecified atom stereocenters. The lowest BCUT2D eigenvalue weighted by Gasteiger charge is -2.38. The van der Waals surface area contributed by atoms with Crippen LogP contribution in [-0.2, 0) is 21.4 Å². The predicted molar refractivity (Wildman–Crippen MR) is 119 cm³/mol. The van der Waals surface area contributed by atoms with Gasteiger partial charge in [0.2, 0.25) is 15.9 Å². The highest BCUT2D eigenvalue weighted by Crippen LogP contribution is 2.29. The maximum absolute atomic E-state index is 13.0. The molecular weight excluding hydrogens is 460 g/mol. The van der Waals surface area contributed by atoms with E-state index in [1.807, 2.05) is 11.0 Å². The number of aromatic nitrogens is 1. The summed E-state index contributed by atoms with van der Waals surface area (Å²) in [6.45, 7) is 7.84. The zero-order valence-corrected chi connectivity index (χ0v) is 20.1. The van der Waals surface area contributed by atoms with Crippen LogP contribution in [0.2, 0.25) is 4.34 Å². The second-order valence-electron chi connectivity index (χ2n) is 8.14. The van der Waals surface area contributed by atoms with Crippen molar-refractivity contribution in [3.05, 3.63) is 32.8 Å². The minimum atomic E-state index is -3.65. The zero-order valence-electron chi connectivity index (χ0n) is 17.7. The second kappa shape index (κ2) is 9.19. The lowest BCUT2D eigenvalue weighted by atomic mass is 9.96. The second-order valence-corrected chi connectivity index (χ2v) is 11.8. The summed E-state index contributed by atoms with van der Waals surface area (Å²) in [4.78, 5) is 18.7. The molecule has 2 fully saturated rings. The third-order valence-electron chi connectivity index (χ3n) is 6.06. The molecule has 0 aromatic carbocycles. The molecule has 2 aliphatic rings. The van der Waals surface area contributed by atoms with Crippen molar-refractivity contribution >= 4 is 38.9 Å². The van der Waals surface area contributed by atoms with E-state index in [0.29, 0.717) is 50.5 Å². The molecule has 2 aromatic heterocycles. The summed E-state index contributed by atoms with van der Waals surface area (Å²) in [7, 11) is -3.65. The van der Waals surface area contributed by atoms with Gasteiger partial charge >= 0.3 is 0 Å². The van der Waals surface area contributed by atoms with E-state index < -0.39 is 10.0 Å². The Balaban J connectivity index is 1.29. The summed E-state index contributed by atoms with van der Waals surface area (Å²) in [6.07, 6.45) is 1.07. The SMILES string of the molecule is Cc1noc(C)c1S(=O)(=O)N1CCC(C(=O)N2CCN(Cc3ccc(Cl)s3)CC2)CC1. The van der Waals surface area contributed by atoms with Gasteiger partial charge in [-0.2, -0.15) is 4.31 Å². The zero-order chi connectivity index (χ0) is 22.2. The summed E-state index contributed by atoms with van der Waals surface area (Å²) >= 11 is 7.60. The number of amides is 1. The van der Waals surface area contributed by atoms with Crippen LogP contribution in [0.15, 0.2) is 21.6 Å². The number of piperidine rings is 1. The molecule has 0 bridgehead atoms. The van der Waals surface area contributed by atoms with Crippen LogP contribution in [0.5, 0.6) is 0 Å². The van der Waals surface area contributed by atoms with Crippen LogP contribution in [0, 0.1) is 19.8 Å². The van der Waals surface area contributed by atoms with Gasteiger partial charge in [-0.05, 0) is 38.8 Å². The number of aryl methyl sites for hydroxylation is 2. The van der Waals surface area contributed by atoms with Gasteiger partial charge in [0.05, 0.1) is 4.34 Å². The Kier molecular flexibility index (Phi) is 6.73. The first kappa shape index (κ1) is 22.7. The molecule has 0 spiro atoms. The molecule has 0 radical (unpaired) electrons. The maximum Gasteiger partial charge on any atom is 0.248 e. The summed E-state index contributed by atoms with van der Waals surface area (Å²) in [5.74, 6) is 0.324. The highest BCUT2D eigenvalue weighted by Gasteiger charge is 2.37. The highest BCUT2D eigenvalue weighted by molar-refractivity contribution is 7.89. The fraction of sp³-hybridized carbons (Fsp3) is 0.600. The summed E-state index contributed by atoms with van der Waals surface area (Å²) in [5.41, 5.74) is 0.374. The molecule has 2 aromatic rings. The van der Waals surface area contributed by atoms with Crippen LogP contribution in [-0.4, -0.2) is 72.9 Å². The average Bonchev–Trinajstić information content (AvgIpc) is 3.32. The van der Waals surface area contributed by atoms with Gasteiger partial charge in [0, 0.05) is 56.6 Å². The van der Waals surface area contributed by atoms with E-state index >= 15 is 0 Å². The Labute approximate surface area is 191 Å². The van der Waals surface area contributed by atoms with Gasteiger partial charge in [0.1, 0.15) is 10.6 Å². The monoisotopic (exact) mass is 486 g/mol. The lowest BCUT2D eigenvalue weighted by molar-refractivity contribution is -0.138. The fourth-order valence-electron chi connectivity index (χ4n) is 4.36. The summed E-state index contributed by atoms with van der Waals surface area (Å²) in [6, 6.07) is 3.97. The van der Waals surface area contributed by atoms with Crippen molar-refractivity contribution in [1.82, 2.24) is 19.3 Å². The van der Waals surface area contributed by atoms with Crippen LogP contribution in [0.25, 0.3) is 0 Å². The highest BCUT2D eigenvalue weighted by atomic mass is 35.5. The lowest BCUT2D eigenvalue weighted by Crippen LogP contribution is -2.51. The van der Waals surface area contributed by atoms with Gasteiger partial charge in [0.25, 0.3) is 0 Å². The molecule has 2 saturated heterocycles. The molecule has 11 heteroatoms. The van der Waals surface area contributed by atoms with E-state index in [1.54, 1.807) is 25.2 Å². The van der Waals surface area contributed by atoms with Gasteiger partial charge in [-0.3, -0.25) is 9.69 Å². The van der Waals surface area contributed by atoms with Gasteiger partial charge in [-0.1, -0.05) is 16.8 Å². The van der Waals surface area contributed by atoms with Crippen LogP contribution in [0.1, 0.15) is 29.2 Å². The van der Waals surface area contributed by atoms with Crippen molar-refractivity contribution in [2.75, 3.05) is 39.3 Å². The number of rotatable bonds is 5. The van der Waals surface area contributed by atoms with E-state index in [0.717, 1.165) is 24.0 Å². The first-order valence-corrected chi connectivity index (χ1v) is 13.1. The Morgan fingerprint density at radius 1 is 1.16 bits per heavy atom. The van der Waals surface area contributed by atoms with Crippen LogP contribution in [0.3, 0.4) is 0 Å². The number of hydrogen-bond acceptors (Lipinski definition) is 7. The number of sulfonamides is 1. The number of piperazine rings is 1. The van der Waals surface area contributed by atoms with Crippen molar-refractivity contribution in [2.45, 2.75) is 38.1 Å². The number of nitrogens with zero attached hydrogens (tertiary/aromatic N) is 4. The molecule has 4 heterocycles. The molecular formula is C20H27ClN4O4S2. The topological polar surface area (TPSA) is 87.0 Å². The number of carbonyl (C=O) groups excluding carboxylic acids is 1. The molecule has 170 valence electrons. The summed E-state index contributed by atoms with van der Waals surface area (Å²) in [5, 5.41) is 3.76. The van der Waals surface area contributed by atoms with Crippen molar-refractivity contribution in [2.24, 2.45) is 5.92 Å². The van der Waals surface area contributed by atoms with Crippen molar-refractivity contribution in [3.63, 3.8) is 0 Å². The van der Waals surface area contributed by atoms with Crippen LogP contribution in [0.4, 0.5) is 0 Å². The quantitative estimate of drug-likeness (QED) is 0.645. The molecule has 8 nitrogen and oxygen atoms in total. The molecule has 0 N–H and O–H groups in total. The number of carbonyl (C=O) groups is 1. The minimum Gasteiger partial charge on any atom is -0.360 e. The average molecular weight is 487 g/mol. The van der Waals surface area contributed by atoms with Crippen molar-refractivity contribution in [1.29, 1.82) is 0 Å². The first-order chi connectivity index (χ1) is 14.8. The standard InChI is InChI=1S/C20H27ClN4O4S2/c1-14-19(15(2)29-22-14)31(27,28)25-7-5-16(6-8-25)20(26)24-11-9-23(10-12-24)13-17-3-4-18(21)30-17/h3-4,16H,5-13H2,1-2H3. The van der Waals surface area contributed by atoms with E-state index in [-0.39, 0.29) is 16.7 Å². The van der Waals surface area contributed by atoms with E-state index in [1.165, 1.54) is 9.18 Å². The third-order valence-corrected chi connectivity index (χ3v) is 9.42. The fourth-order valence-corrected chi connectivity index (χ4v) is 7.25. The maximum atomic E-state index is 13.0. The van der Waals surface area contributed by atoms with Crippen LogP contribution < -0.4 is 0 Å². The van der Waals surface area contributed by atoms with Crippen molar-refractivity contribution < 1.29 is 17.7 Å². The molecule has 0 saturated carbocycles. The van der Waals surface area contributed by atoms with Crippen LogP contribution >= 0.6 is 22.9 Å². The largest absolute Gasteiger partial charge is 0.360 e. The predicted octanol–water partition coefficient (Wildman–Crippen LogP) is 2.75. The summed E-state index contributed by atoms with van der Waals surface area (Å²) < 4.78 is 33.2. The normalized spacial score (nSPS) is 19.8. The van der Waals surface area contributed by atoms with Gasteiger partial charge < -0.3 is 9.42 Å². The Morgan fingerprint density at radius 2 is 1.84 bits per heavy atom. The van der Waals surface area contributed by atoms with Gasteiger partial charge in [-0.15, -0.1) is 11.3 Å². The molecule has 4 rings (SSSR count). The van der Waals surface area contributed by atoms with E-state index in [2.05, 4.69) is 16.1 Å². The van der Waals surface area contributed by atoms with E-state index in [9.17, 15) is 13.2 Å². The molecule has 0 atom stereocenters. The third kappa shape index (κ3) is 4.83. The van der Waals surface area contributed by atoms with Crippen molar-refractivity contribution in [3.8, 4) is 0 Å². The van der Waals surface area contributed by atoms with E-state index in [4.69, 9.17) is 16.1 Å². The number of thiophene rings is 1. The molecule has 31 heavy (non-hydrogen) atoms. The molecule has 0 aliphatic carbocycles. The smallest absolute Gasteiger partial charge is 0.248 e. The Hall–Kier alpha value is -1.46. The number of halogens is 1.